The maximum atomic E-state index is 10.6. The van der Waals surface area contributed by atoms with Crippen LogP contribution < -0.4 is 0 Å². The summed E-state index contributed by atoms with van der Waals surface area (Å²) in [6.45, 7) is 0.131. The standard InChI is InChI=1S/C6H7N3O3/c7-3-6(5(10)11)1-2-9(4-6)8-12/h1-2,4H2,(H,10,11). The quantitative estimate of drug-likeness (QED) is 0.585. The summed E-state index contributed by atoms with van der Waals surface area (Å²) in [6.07, 6.45) is 0.157. The van der Waals surface area contributed by atoms with Crippen LogP contribution in [-0.2, 0) is 4.79 Å². The monoisotopic (exact) mass is 169 g/mol. The van der Waals surface area contributed by atoms with Crippen molar-refractivity contribution < 1.29 is 9.90 Å². The van der Waals surface area contributed by atoms with E-state index in [1.165, 1.54) is 0 Å². The summed E-state index contributed by atoms with van der Waals surface area (Å²) in [5.41, 5.74) is -1.44. The molecule has 0 aromatic carbocycles. The summed E-state index contributed by atoms with van der Waals surface area (Å²) in [5, 5.41) is 20.9. The van der Waals surface area contributed by atoms with Crippen molar-refractivity contribution in [3.05, 3.63) is 4.91 Å². The molecular formula is C6H7N3O3. The Morgan fingerprint density at radius 1 is 1.75 bits per heavy atom. The molecule has 1 atom stereocenters. The van der Waals surface area contributed by atoms with Gasteiger partial charge < -0.3 is 5.11 Å². The molecule has 0 spiro atoms. The van der Waals surface area contributed by atoms with Crippen molar-refractivity contribution in [3.63, 3.8) is 0 Å². The number of rotatable bonds is 2. The van der Waals surface area contributed by atoms with Crippen LogP contribution in [0.15, 0.2) is 5.29 Å². The third kappa shape index (κ3) is 1.09. The van der Waals surface area contributed by atoms with Crippen molar-refractivity contribution in [2.24, 2.45) is 10.7 Å². The van der Waals surface area contributed by atoms with Gasteiger partial charge in [0.2, 0.25) is 0 Å². The number of carboxylic acid groups (broad SMARTS) is 1. The number of aliphatic carboxylic acids is 1. The zero-order chi connectivity index (χ0) is 9.19. The minimum atomic E-state index is -1.44. The van der Waals surface area contributed by atoms with Crippen LogP contribution in [0.4, 0.5) is 0 Å². The number of nitriles is 1. The molecular weight excluding hydrogens is 162 g/mol. The van der Waals surface area contributed by atoms with Crippen molar-refractivity contribution in [1.29, 1.82) is 5.26 Å². The van der Waals surface area contributed by atoms with Gasteiger partial charge in [-0.05, 0) is 6.42 Å². The molecule has 64 valence electrons. The lowest BCUT2D eigenvalue weighted by Gasteiger charge is -2.12. The normalized spacial score (nSPS) is 28.1. The fourth-order valence-corrected chi connectivity index (χ4v) is 1.17. The Labute approximate surface area is 68.3 Å². The fraction of sp³-hybridized carbons (Fsp3) is 0.667. The zero-order valence-electron chi connectivity index (χ0n) is 6.23. The van der Waals surface area contributed by atoms with Crippen LogP contribution in [0, 0.1) is 21.7 Å². The van der Waals surface area contributed by atoms with Crippen LogP contribution in [0.2, 0.25) is 0 Å². The van der Waals surface area contributed by atoms with E-state index in [-0.39, 0.29) is 19.5 Å². The maximum Gasteiger partial charge on any atom is 0.326 e. The molecule has 1 N–H and O–H groups in total. The van der Waals surface area contributed by atoms with Crippen molar-refractivity contribution in [2.45, 2.75) is 6.42 Å². The topological polar surface area (TPSA) is 93.8 Å². The Balaban J connectivity index is 2.81. The second kappa shape index (κ2) is 2.77. The number of carbonyl (C=O) groups is 1. The van der Waals surface area contributed by atoms with E-state index in [9.17, 15) is 9.70 Å². The fourth-order valence-electron chi connectivity index (χ4n) is 1.17. The Morgan fingerprint density at radius 3 is 2.67 bits per heavy atom. The predicted molar refractivity (Wildman–Crippen MR) is 37.7 cm³/mol. The minimum Gasteiger partial charge on any atom is -0.480 e. The van der Waals surface area contributed by atoms with Gasteiger partial charge in [-0.3, -0.25) is 9.80 Å². The minimum absolute atomic E-state index is 0.109. The van der Waals surface area contributed by atoms with Gasteiger partial charge in [-0.25, -0.2) is 0 Å². The summed E-state index contributed by atoms with van der Waals surface area (Å²) >= 11 is 0. The van der Waals surface area contributed by atoms with Crippen LogP contribution in [0.25, 0.3) is 0 Å². The van der Waals surface area contributed by atoms with Gasteiger partial charge in [0, 0.05) is 6.54 Å². The van der Waals surface area contributed by atoms with Gasteiger partial charge in [0.25, 0.3) is 0 Å². The van der Waals surface area contributed by atoms with E-state index in [1.54, 1.807) is 6.07 Å². The van der Waals surface area contributed by atoms with E-state index in [0.29, 0.717) is 0 Å². The molecule has 0 bridgehead atoms. The van der Waals surface area contributed by atoms with Crippen LogP contribution in [-0.4, -0.2) is 29.2 Å². The summed E-state index contributed by atoms with van der Waals surface area (Å²) in [7, 11) is 0. The third-order valence-electron chi connectivity index (χ3n) is 1.99. The van der Waals surface area contributed by atoms with E-state index in [4.69, 9.17) is 10.4 Å². The molecule has 1 aliphatic rings. The molecule has 0 aromatic heterocycles. The van der Waals surface area contributed by atoms with E-state index < -0.39 is 11.4 Å². The third-order valence-corrected chi connectivity index (χ3v) is 1.99. The molecule has 1 saturated heterocycles. The van der Waals surface area contributed by atoms with Gasteiger partial charge in [-0.15, -0.1) is 4.91 Å². The Bertz CT molecular complexity index is 259. The van der Waals surface area contributed by atoms with Crippen LogP contribution >= 0.6 is 0 Å². The van der Waals surface area contributed by atoms with Gasteiger partial charge in [-0.2, -0.15) is 5.26 Å². The van der Waals surface area contributed by atoms with Crippen LogP contribution in [0.5, 0.6) is 0 Å². The maximum absolute atomic E-state index is 10.6. The smallest absolute Gasteiger partial charge is 0.326 e. The molecule has 0 amide bonds. The highest BCUT2D eigenvalue weighted by Gasteiger charge is 2.45. The highest BCUT2D eigenvalue weighted by atomic mass is 16.4. The second-order valence-electron chi connectivity index (χ2n) is 2.72. The predicted octanol–water partition coefficient (Wildman–Crippen LogP) is -0.0319. The largest absolute Gasteiger partial charge is 0.480 e. The first-order valence-electron chi connectivity index (χ1n) is 3.37. The van der Waals surface area contributed by atoms with E-state index in [1.807, 2.05) is 0 Å². The molecule has 6 heteroatoms. The van der Waals surface area contributed by atoms with Gasteiger partial charge in [0.1, 0.15) is 0 Å². The molecule has 1 heterocycles. The number of hydrogen-bond donors (Lipinski definition) is 1. The van der Waals surface area contributed by atoms with Crippen LogP contribution in [0.1, 0.15) is 6.42 Å². The molecule has 0 aliphatic carbocycles. The van der Waals surface area contributed by atoms with E-state index in [2.05, 4.69) is 5.29 Å². The molecule has 1 unspecified atom stereocenters. The number of carboxylic acids is 1. The second-order valence-corrected chi connectivity index (χ2v) is 2.72. The Kier molecular flexibility index (Phi) is 1.95. The zero-order valence-corrected chi connectivity index (χ0v) is 6.23. The SMILES string of the molecule is N#CC1(C(=O)O)CCN(N=O)C1. The van der Waals surface area contributed by atoms with Gasteiger partial charge >= 0.3 is 5.97 Å². The first kappa shape index (κ1) is 8.46. The molecule has 1 aliphatic heterocycles. The summed E-state index contributed by atoms with van der Waals surface area (Å²) in [5.74, 6) is -1.18. The highest BCUT2D eigenvalue weighted by molar-refractivity contribution is 5.78. The molecule has 0 saturated carbocycles. The molecule has 1 fully saturated rings. The Morgan fingerprint density at radius 2 is 2.42 bits per heavy atom. The highest BCUT2D eigenvalue weighted by Crippen LogP contribution is 2.29. The lowest BCUT2D eigenvalue weighted by Crippen LogP contribution is -2.31. The molecule has 12 heavy (non-hydrogen) atoms. The molecule has 0 radical (unpaired) electrons. The molecule has 0 aromatic rings. The lowest BCUT2D eigenvalue weighted by atomic mass is 9.89. The summed E-state index contributed by atoms with van der Waals surface area (Å²) < 4.78 is 0. The average molecular weight is 169 g/mol. The number of nitroso groups, excluding NO2 is 1. The van der Waals surface area contributed by atoms with E-state index >= 15 is 0 Å². The van der Waals surface area contributed by atoms with Crippen molar-refractivity contribution in [1.82, 2.24) is 5.01 Å². The van der Waals surface area contributed by atoms with Crippen molar-refractivity contribution in [3.8, 4) is 6.07 Å². The molecule has 6 nitrogen and oxygen atoms in total. The van der Waals surface area contributed by atoms with Gasteiger partial charge in [0.15, 0.2) is 5.41 Å². The van der Waals surface area contributed by atoms with Crippen molar-refractivity contribution >= 4 is 5.97 Å². The van der Waals surface area contributed by atoms with Crippen molar-refractivity contribution in [2.75, 3.05) is 13.1 Å². The lowest BCUT2D eigenvalue weighted by molar-refractivity contribution is -0.144. The first-order chi connectivity index (χ1) is 5.64. The summed E-state index contributed by atoms with van der Waals surface area (Å²) in [4.78, 5) is 20.6. The van der Waals surface area contributed by atoms with E-state index in [0.717, 1.165) is 5.01 Å². The Hall–Kier alpha value is -1.64. The van der Waals surface area contributed by atoms with Gasteiger partial charge in [-0.1, -0.05) is 0 Å². The van der Waals surface area contributed by atoms with Crippen LogP contribution in [0.3, 0.4) is 0 Å². The average Bonchev–Trinajstić information content (AvgIpc) is 2.48. The summed E-state index contributed by atoms with van der Waals surface area (Å²) in [6, 6.07) is 1.70. The molecule has 1 rings (SSSR count). The number of nitrogens with zero attached hydrogens (tertiary/aromatic N) is 3. The van der Waals surface area contributed by atoms with Gasteiger partial charge in [0.05, 0.1) is 17.9 Å². The number of hydrogen-bond acceptors (Lipinski definition) is 4. The first-order valence-corrected chi connectivity index (χ1v) is 3.37.